The van der Waals surface area contributed by atoms with Gasteiger partial charge in [-0.05, 0) is 29.8 Å². The van der Waals surface area contributed by atoms with E-state index in [-0.39, 0.29) is 5.91 Å². The largest absolute Gasteiger partial charge is 0.489 e. The molecule has 1 N–H and O–H groups in total. The van der Waals surface area contributed by atoms with E-state index in [2.05, 4.69) is 10.3 Å². The number of hydrogen-bond donors (Lipinski definition) is 1. The number of ether oxygens (including phenoxy) is 1. The van der Waals surface area contributed by atoms with Crippen molar-refractivity contribution >= 4 is 22.9 Å². The lowest BCUT2D eigenvalue weighted by Gasteiger charge is -2.08. The van der Waals surface area contributed by atoms with Gasteiger partial charge < -0.3 is 10.1 Å². The minimum absolute atomic E-state index is 0.0110. The molecule has 4 nitrogen and oxygen atoms in total. The Kier molecular flexibility index (Phi) is 5.58. The quantitative estimate of drug-likeness (QED) is 0.699. The monoisotopic (exact) mass is 338 g/mol. The lowest BCUT2D eigenvalue weighted by molar-refractivity contribution is -0.116. The van der Waals surface area contributed by atoms with Gasteiger partial charge in [-0.2, -0.15) is 0 Å². The Balaban J connectivity index is 1.46. The van der Waals surface area contributed by atoms with E-state index >= 15 is 0 Å². The number of carbonyl (C=O) groups is 1. The second kappa shape index (κ2) is 8.26. The molecule has 3 aromatic rings. The Morgan fingerprint density at radius 2 is 1.88 bits per heavy atom. The molecule has 0 bridgehead atoms. The second-order valence-corrected chi connectivity index (χ2v) is 6.25. The molecule has 0 fully saturated rings. The van der Waals surface area contributed by atoms with Gasteiger partial charge in [-0.3, -0.25) is 4.79 Å². The third kappa shape index (κ3) is 4.93. The van der Waals surface area contributed by atoms with Gasteiger partial charge in [0.25, 0.3) is 0 Å². The summed E-state index contributed by atoms with van der Waals surface area (Å²) < 4.78 is 5.73. The fourth-order valence-corrected chi connectivity index (χ4v) is 2.82. The van der Waals surface area contributed by atoms with Crippen molar-refractivity contribution in [3.63, 3.8) is 0 Å². The molecule has 3 rings (SSSR count). The second-order valence-electron chi connectivity index (χ2n) is 5.27. The van der Waals surface area contributed by atoms with Crippen LogP contribution >= 0.6 is 11.3 Å². The third-order valence-corrected chi connectivity index (χ3v) is 4.28. The van der Waals surface area contributed by atoms with E-state index in [1.165, 1.54) is 0 Å². The van der Waals surface area contributed by atoms with Crippen LogP contribution in [0.25, 0.3) is 0 Å². The Bertz CT molecular complexity index is 756. The van der Waals surface area contributed by atoms with E-state index in [1.54, 1.807) is 17.5 Å². The van der Waals surface area contributed by atoms with Crippen molar-refractivity contribution in [1.82, 2.24) is 4.98 Å². The van der Waals surface area contributed by atoms with Gasteiger partial charge in [0.2, 0.25) is 5.91 Å². The summed E-state index contributed by atoms with van der Waals surface area (Å²) in [6.45, 7) is 0.528. The van der Waals surface area contributed by atoms with Gasteiger partial charge in [-0.15, -0.1) is 11.3 Å². The van der Waals surface area contributed by atoms with Gasteiger partial charge in [-0.1, -0.05) is 30.3 Å². The van der Waals surface area contributed by atoms with Gasteiger partial charge >= 0.3 is 0 Å². The van der Waals surface area contributed by atoms with E-state index in [0.717, 1.165) is 22.0 Å². The SMILES string of the molecule is O=C(CCc1nccs1)Nc1ccc(OCc2ccccc2)cc1. The standard InChI is InChI=1S/C19H18N2O2S/c22-18(10-11-19-20-12-13-24-19)21-16-6-8-17(9-7-16)23-14-15-4-2-1-3-5-15/h1-9,12-13H,10-11,14H2,(H,21,22). The summed E-state index contributed by atoms with van der Waals surface area (Å²) in [5, 5.41) is 5.79. The number of rotatable bonds is 7. The van der Waals surface area contributed by atoms with Crippen LogP contribution in [-0.2, 0) is 17.8 Å². The number of nitrogens with one attached hydrogen (secondary N) is 1. The van der Waals surface area contributed by atoms with Gasteiger partial charge in [0.15, 0.2) is 0 Å². The van der Waals surface area contributed by atoms with Crippen LogP contribution in [0.15, 0.2) is 66.2 Å². The molecule has 0 aliphatic heterocycles. The van der Waals surface area contributed by atoms with Crippen LogP contribution in [0.1, 0.15) is 17.0 Å². The minimum atomic E-state index is -0.0110. The minimum Gasteiger partial charge on any atom is -0.489 e. The highest BCUT2D eigenvalue weighted by molar-refractivity contribution is 7.09. The molecular weight excluding hydrogens is 320 g/mol. The molecular formula is C19H18N2O2S. The zero-order chi connectivity index (χ0) is 16.6. The molecule has 24 heavy (non-hydrogen) atoms. The average molecular weight is 338 g/mol. The molecule has 0 atom stereocenters. The third-order valence-electron chi connectivity index (χ3n) is 3.44. The molecule has 0 saturated carbocycles. The summed E-state index contributed by atoms with van der Waals surface area (Å²) >= 11 is 1.57. The first-order chi connectivity index (χ1) is 11.8. The summed E-state index contributed by atoms with van der Waals surface area (Å²) in [6, 6.07) is 17.4. The van der Waals surface area contributed by atoms with E-state index in [1.807, 2.05) is 60.0 Å². The molecule has 2 aromatic carbocycles. The number of thiazole rings is 1. The molecule has 122 valence electrons. The van der Waals surface area contributed by atoms with E-state index in [0.29, 0.717) is 19.4 Å². The molecule has 0 radical (unpaired) electrons. The highest BCUT2D eigenvalue weighted by Crippen LogP contribution is 2.17. The molecule has 5 heteroatoms. The first kappa shape index (κ1) is 16.2. The van der Waals surface area contributed by atoms with Crippen LogP contribution in [0.2, 0.25) is 0 Å². The fourth-order valence-electron chi connectivity index (χ4n) is 2.20. The topological polar surface area (TPSA) is 51.2 Å². The summed E-state index contributed by atoms with van der Waals surface area (Å²) in [5.74, 6) is 0.766. The Morgan fingerprint density at radius 3 is 2.58 bits per heavy atom. The first-order valence-electron chi connectivity index (χ1n) is 7.74. The molecule has 0 aliphatic rings. The maximum Gasteiger partial charge on any atom is 0.224 e. The molecule has 0 aliphatic carbocycles. The number of aromatic nitrogens is 1. The zero-order valence-electron chi connectivity index (χ0n) is 13.1. The zero-order valence-corrected chi connectivity index (χ0v) is 14.0. The fraction of sp³-hybridized carbons (Fsp3) is 0.158. The van der Waals surface area contributed by atoms with Crippen molar-refractivity contribution in [3.05, 3.63) is 76.7 Å². The maximum atomic E-state index is 11.9. The number of amides is 1. The van der Waals surface area contributed by atoms with E-state index in [4.69, 9.17) is 4.74 Å². The Labute approximate surface area is 145 Å². The Hall–Kier alpha value is -2.66. The van der Waals surface area contributed by atoms with Crippen molar-refractivity contribution in [3.8, 4) is 5.75 Å². The van der Waals surface area contributed by atoms with Gasteiger partial charge in [0.1, 0.15) is 12.4 Å². The predicted molar refractivity (Wildman–Crippen MR) is 96.3 cm³/mol. The molecule has 0 spiro atoms. The first-order valence-corrected chi connectivity index (χ1v) is 8.62. The Morgan fingerprint density at radius 1 is 1.08 bits per heavy atom. The summed E-state index contributed by atoms with van der Waals surface area (Å²) in [6.07, 6.45) is 2.85. The van der Waals surface area contributed by atoms with Crippen LogP contribution in [0.5, 0.6) is 5.75 Å². The predicted octanol–water partition coefficient (Wildman–Crippen LogP) is 4.29. The lowest BCUT2D eigenvalue weighted by atomic mass is 10.2. The highest BCUT2D eigenvalue weighted by Gasteiger charge is 2.05. The lowest BCUT2D eigenvalue weighted by Crippen LogP contribution is -2.12. The smallest absolute Gasteiger partial charge is 0.224 e. The van der Waals surface area contributed by atoms with Gasteiger partial charge in [0, 0.05) is 30.1 Å². The summed E-state index contributed by atoms with van der Waals surface area (Å²) in [7, 11) is 0. The number of hydrogen-bond acceptors (Lipinski definition) is 4. The van der Waals surface area contributed by atoms with Crippen LogP contribution in [0.4, 0.5) is 5.69 Å². The molecule has 1 amide bonds. The van der Waals surface area contributed by atoms with Crippen LogP contribution in [0.3, 0.4) is 0 Å². The van der Waals surface area contributed by atoms with Crippen LogP contribution < -0.4 is 10.1 Å². The number of nitrogens with zero attached hydrogens (tertiary/aromatic N) is 1. The van der Waals surface area contributed by atoms with Crippen molar-refractivity contribution in [2.45, 2.75) is 19.4 Å². The van der Waals surface area contributed by atoms with Crippen LogP contribution in [0, 0.1) is 0 Å². The average Bonchev–Trinajstić information content (AvgIpc) is 3.14. The van der Waals surface area contributed by atoms with Crippen molar-refractivity contribution in [1.29, 1.82) is 0 Å². The number of anilines is 1. The normalized spacial score (nSPS) is 10.3. The maximum absolute atomic E-state index is 11.9. The van der Waals surface area contributed by atoms with E-state index in [9.17, 15) is 4.79 Å². The molecule has 1 aromatic heterocycles. The van der Waals surface area contributed by atoms with E-state index < -0.39 is 0 Å². The van der Waals surface area contributed by atoms with Crippen LogP contribution in [-0.4, -0.2) is 10.9 Å². The van der Waals surface area contributed by atoms with Gasteiger partial charge in [-0.25, -0.2) is 4.98 Å². The summed E-state index contributed by atoms with van der Waals surface area (Å²) in [4.78, 5) is 16.1. The van der Waals surface area contributed by atoms with Crippen molar-refractivity contribution in [2.75, 3.05) is 5.32 Å². The van der Waals surface area contributed by atoms with Gasteiger partial charge in [0.05, 0.1) is 5.01 Å². The molecule has 0 unspecified atom stereocenters. The van der Waals surface area contributed by atoms with Crippen molar-refractivity contribution < 1.29 is 9.53 Å². The van der Waals surface area contributed by atoms with Crippen molar-refractivity contribution in [2.24, 2.45) is 0 Å². The number of aryl methyl sites for hydroxylation is 1. The molecule has 0 saturated heterocycles. The molecule has 1 heterocycles. The highest BCUT2D eigenvalue weighted by atomic mass is 32.1. The number of carbonyl (C=O) groups excluding carboxylic acids is 1. The number of benzene rings is 2. The summed E-state index contributed by atoms with van der Waals surface area (Å²) in [5.41, 5.74) is 1.89.